The average molecular weight is 291 g/mol. The topological polar surface area (TPSA) is 82.0 Å². The monoisotopic (exact) mass is 291 g/mol. The molecule has 1 heterocycles. The first-order valence-electron chi connectivity index (χ1n) is 6.53. The SMILES string of the molecule is Cc1sc(CCCCN)nc1-c1cccc([N+](=O)[O-])c1. The van der Waals surface area contributed by atoms with Gasteiger partial charge >= 0.3 is 0 Å². The van der Waals surface area contributed by atoms with Crippen molar-refractivity contribution in [2.24, 2.45) is 5.73 Å². The second-order valence-electron chi connectivity index (χ2n) is 4.57. The lowest BCUT2D eigenvalue weighted by molar-refractivity contribution is -0.384. The van der Waals surface area contributed by atoms with Gasteiger partial charge in [-0.15, -0.1) is 11.3 Å². The lowest BCUT2D eigenvalue weighted by atomic mass is 10.1. The number of nitro groups is 1. The van der Waals surface area contributed by atoms with E-state index in [4.69, 9.17) is 5.73 Å². The van der Waals surface area contributed by atoms with E-state index >= 15 is 0 Å². The van der Waals surface area contributed by atoms with E-state index in [1.807, 2.05) is 13.0 Å². The molecule has 2 rings (SSSR count). The summed E-state index contributed by atoms with van der Waals surface area (Å²) < 4.78 is 0. The van der Waals surface area contributed by atoms with Crippen LogP contribution in [0.4, 0.5) is 5.69 Å². The Bertz CT molecular complexity index is 610. The third-order valence-electron chi connectivity index (χ3n) is 3.02. The van der Waals surface area contributed by atoms with Gasteiger partial charge in [-0.3, -0.25) is 10.1 Å². The van der Waals surface area contributed by atoms with Gasteiger partial charge in [0.15, 0.2) is 0 Å². The van der Waals surface area contributed by atoms with Crippen molar-refractivity contribution in [1.82, 2.24) is 4.98 Å². The highest BCUT2D eigenvalue weighted by atomic mass is 32.1. The van der Waals surface area contributed by atoms with Crippen molar-refractivity contribution in [2.45, 2.75) is 26.2 Å². The largest absolute Gasteiger partial charge is 0.330 e. The molecule has 0 fully saturated rings. The number of aromatic nitrogens is 1. The molecule has 0 aliphatic carbocycles. The van der Waals surface area contributed by atoms with Crippen LogP contribution in [0.3, 0.4) is 0 Å². The molecule has 0 unspecified atom stereocenters. The van der Waals surface area contributed by atoms with Gasteiger partial charge in [-0.25, -0.2) is 4.98 Å². The zero-order valence-corrected chi connectivity index (χ0v) is 12.2. The molecule has 0 saturated heterocycles. The first kappa shape index (κ1) is 14.6. The molecule has 0 amide bonds. The zero-order valence-electron chi connectivity index (χ0n) is 11.3. The number of unbranched alkanes of at least 4 members (excludes halogenated alkanes) is 1. The second kappa shape index (κ2) is 6.58. The summed E-state index contributed by atoms with van der Waals surface area (Å²) in [6.45, 7) is 2.69. The molecule has 1 aromatic carbocycles. The summed E-state index contributed by atoms with van der Waals surface area (Å²) in [7, 11) is 0. The molecule has 20 heavy (non-hydrogen) atoms. The predicted molar refractivity (Wildman–Crippen MR) is 80.9 cm³/mol. The molecule has 6 heteroatoms. The fourth-order valence-electron chi connectivity index (χ4n) is 2.01. The lowest BCUT2D eigenvalue weighted by Crippen LogP contribution is -1.98. The number of thiazole rings is 1. The molecule has 1 aromatic heterocycles. The van der Waals surface area contributed by atoms with Crippen molar-refractivity contribution in [1.29, 1.82) is 0 Å². The van der Waals surface area contributed by atoms with E-state index in [2.05, 4.69) is 4.98 Å². The van der Waals surface area contributed by atoms with E-state index < -0.39 is 0 Å². The summed E-state index contributed by atoms with van der Waals surface area (Å²) in [5.74, 6) is 0. The van der Waals surface area contributed by atoms with Gasteiger partial charge in [0.1, 0.15) is 0 Å². The van der Waals surface area contributed by atoms with Crippen LogP contribution in [0.5, 0.6) is 0 Å². The molecule has 0 atom stereocenters. The summed E-state index contributed by atoms with van der Waals surface area (Å²) in [6, 6.07) is 6.62. The highest BCUT2D eigenvalue weighted by Crippen LogP contribution is 2.30. The number of non-ortho nitro benzene ring substituents is 1. The molecule has 2 aromatic rings. The van der Waals surface area contributed by atoms with E-state index in [0.717, 1.165) is 40.4 Å². The third-order valence-corrected chi connectivity index (χ3v) is 4.05. The number of rotatable bonds is 6. The van der Waals surface area contributed by atoms with Crippen molar-refractivity contribution >= 4 is 17.0 Å². The maximum atomic E-state index is 10.8. The molecule has 0 bridgehead atoms. The first-order valence-corrected chi connectivity index (χ1v) is 7.34. The highest BCUT2D eigenvalue weighted by Gasteiger charge is 2.13. The number of hydrogen-bond donors (Lipinski definition) is 1. The minimum Gasteiger partial charge on any atom is -0.330 e. The Hall–Kier alpha value is -1.79. The van der Waals surface area contributed by atoms with E-state index in [1.165, 1.54) is 6.07 Å². The van der Waals surface area contributed by atoms with Crippen molar-refractivity contribution < 1.29 is 4.92 Å². The fourth-order valence-corrected chi connectivity index (χ4v) is 3.01. The Kier molecular flexibility index (Phi) is 4.81. The summed E-state index contributed by atoms with van der Waals surface area (Å²) in [5, 5.41) is 11.9. The molecule has 106 valence electrons. The second-order valence-corrected chi connectivity index (χ2v) is 5.85. The molecule has 0 saturated carbocycles. The van der Waals surface area contributed by atoms with Crippen LogP contribution in [0.25, 0.3) is 11.3 Å². The predicted octanol–water partition coefficient (Wildman–Crippen LogP) is 3.31. The van der Waals surface area contributed by atoms with Crippen molar-refractivity contribution in [3.8, 4) is 11.3 Å². The maximum Gasteiger partial charge on any atom is 0.270 e. The molecule has 0 radical (unpaired) electrons. The number of nitrogens with two attached hydrogens (primary N) is 1. The minimum atomic E-state index is -0.382. The maximum absolute atomic E-state index is 10.8. The van der Waals surface area contributed by atoms with Crippen LogP contribution in [0.15, 0.2) is 24.3 Å². The standard InChI is InChI=1S/C14H17N3O2S/c1-10-14(16-13(20-10)7-2-3-8-15)11-5-4-6-12(9-11)17(18)19/h4-6,9H,2-3,7-8,15H2,1H3. The van der Waals surface area contributed by atoms with E-state index in [-0.39, 0.29) is 10.6 Å². The van der Waals surface area contributed by atoms with Gasteiger partial charge in [0.05, 0.1) is 15.6 Å². The Morgan fingerprint density at radius 2 is 2.20 bits per heavy atom. The Labute approximate surface area is 121 Å². The van der Waals surface area contributed by atoms with Gasteiger partial charge in [-0.1, -0.05) is 12.1 Å². The van der Waals surface area contributed by atoms with E-state index in [0.29, 0.717) is 6.54 Å². The van der Waals surface area contributed by atoms with Crippen LogP contribution >= 0.6 is 11.3 Å². The average Bonchev–Trinajstić information content (AvgIpc) is 2.80. The number of aryl methyl sites for hydroxylation is 2. The van der Waals surface area contributed by atoms with Gasteiger partial charge in [0, 0.05) is 22.6 Å². The number of nitrogens with zero attached hydrogens (tertiary/aromatic N) is 2. The van der Waals surface area contributed by atoms with Gasteiger partial charge in [-0.05, 0) is 32.7 Å². The first-order chi connectivity index (χ1) is 9.61. The van der Waals surface area contributed by atoms with Crippen LogP contribution < -0.4 is 5.73 Å². The molecule has 2 N–H and O–H groups in total. The van der Waals surface area contributed by atoms with Crippen LogP contribution in [0.2, 0.25) is 0 Å². The molecule has 5 nitrogen and oxygen atoms in total. The number of benzene rings is 1. The minimum absolute atomic E-state index is 0.0968. The highest BCUT2D eigenvalue weighted by molar-refractivity contribution is 7.12. The van der Waals surface area contributed by atoms with E-state index in [1.54, 1.807) is 23.5 Å². The van der Waals surface area contributed by atoms with Gasteiger partial charge in [-0.2, -0.15) is 0 Å². The molecule has 0 spiro atoms. The van der Waals surface area contributed by atoms with Crippen LogP contribution in [-0.2, 0) is 6.42 Å². The molecular formula is C14H17N3O2S. The fraction of sp³-hybridized carbons (Fsp3) is 0.357. The van der Waals surface area contributed by atoms with Gasteiger partial charge in [0.25, 0.3) is 5.69 Å². The van der Waals surface area contributed by atoms with Crippen LogP contribution in [0, 0.1) is 17.0 Å². The van der Waals surface area contributed by atoms with Crippen molar-refractivity contribution in [2.75, 3.05) is 6.54 Å². The quantitative estimate of drug-likeness (QED) is 0.503. The summed E-state index contributed by atoms with van der Waals surface area (Å²) in [4.78, 5) is 16.1. The van der Waals surface area contributed by atoms with Gasteiger partial charge in [0.2, 0.25) is 0 Å². The summed E-state index contributed by atoms with van der Waals surface area (Å²) in [5.41, 5.74) is 7.23. The van der Waals surface area contributed by atoms with Crippen LogP contribution in [-0.4, -0.2) is 16.5 Å². The molecular weight excluding hydrogens is 274 g/mol. The van der Waals surface area contributed by atoms with E-state index in [9.17, 15) is 10.1 Å². The Morgan fingerprint density at radius 3 is 2.90 bits per heavy atom. The molecule has 0 aliphatic heterocycles. The number of hydrogen-bond acceptors (Lipinski definition) is 5. The van der Waals surface area contributed by atoms with Crippen LogP contribution in [0.1, 0.15) is 22.7 Å². The third kappa shape index (κ3) is 3.40. The Balaban J connectivity index is 2.24. The molecule has 0 aliphatic rings. The normalized spacial score (nSPS) is 10.7. The zero-order chi connectivity index (χ0) is 14.5. The van der Waals surface area contributed by atoms with Crippen molar-refractivity contribution in [3.05, 3.63) is 44.3 Å². The summed E-state index contributed by atoms with van der Waals surface area (Å²) >= 11 is 1.65. The summed E-state index contributed by atoms with van der Waals surface area (Å²) in [6.07, 6.45) is 2.93. The Morgan fingerprint density at radius 1 is 1.40 bits per heavy atom. The van der Waals surface area contributed by atoms with Gasteiger partial charge < -0.3 is 5.73 Å². The van der Waals surface area contributed by atoms with Crippen molar-refractivity contribution in [3.63, 3.8) is 0 Å². The smallest absolute Gasteiger partial charge is 0.270 e. The number of nitro benzene ring substituents is 1. The lowest BCUT2D eigenvalue weighted by Gasteiger charge is -1.98.